The van der Waals surface area contributed by atoms with Crippen molar-refractivity contribution in [2.45, 2.75) is 13.0 Å². The predicted molar refractivity (Wildman–Crippen MR) is 129 cm³/mol. The molecule has 3 aromatic heterocycles. The molecule has 9 nitrogen and oxygen atoms in total. The van der Waals surface area contributed by atoms with E-state index in [1.807, 2.05) is 30.6 Å². The Morgan fingerprint density at radius 2 is 2.00 bits per heavy atom. The lowest BCUT2D eigenvalue weighted by atomic mass is 10.0. The van der Waals surface area contributed by atoms with E-state index >= 15 is 0 Å². The second kappa shape index (κ2) is 9.08. The first-order chi connectivity index (χ1) is 16.0. The molecule has 10 heteroatoms. The van der Waals surface area contributed by atoms with Gasteiger partial charge in [0.25, 0.3) is 5.91 Å². The number of rotatable bonds is 7. The van der Waals surface area contributed by atoms with Gasteiger partial charge in [0.15, 0.2) is 5.69 Å². The monoisotopic (exact) mass is 461 g/mol. The Morgan fingerprint density at radius 1 is 1.12 bits per heavy atom. The molecular formula is C23H23N7O2S. The Bertz CT molecular complexity index is 1330. The van der Waals surface area contributed by atoms with Crippen LogP contribution in [0.5, 0.6) is 0 Å². The van der Waals surface area contributed by atoms with E-state index in [1.54, 1.807) is 12.1 Å². The summed E-state index contributed by atoms with van der Waals surface area (Å²) >= 11 is 0. The molecule has 4 heterocycles. The number of anilines is 2. The van der Waals surface area contributed by atoms with Crippen LogP contribution in [-0.2, 0) is 17.5 Å². The SMILES string of the molecule is CS(=O)Nc1ccc(NC(=O)c2n[nH]c3ccc(-c4cncc(CN5CCC5)c4)cc23)cn1. The summed E-state index contributed by atoms with van der Waals surface area (Å²) in [7, 11) is -1.22. The van der Waals surface area contributed by atoms with Gasteiger partial charge < -0.3 is 5.32 Å². The number of carbonyl (C=O) groups is 1. The molecule has 1 aliphatic heterocycles. The van der Waals surface area contributed by atoms with Gasteiger partial charge in [-0.3, -0.25) is 24.5 Å². The minimum absolute atomic E-state index is 0.299. The van der Waals surface area contributed by atoms with Gasteiger partial charge in [-0.1, -0.05) is 6.07 Å². The molecule has 4 aromatic rings. The maximum absolute atomic E-state index is 12.9. The second-order valence-electron chi connectivity index (χ2n) is 7.99. The van der Waals surface area contributed by atoms with Crippen molar-refractivity contribution in [1.82, 2.24) is 25.1 Å². The normalized spacial score (nSPS) is 14.6. The minimum Gasteiger partial charge on any atom is -0.319 e. The Hall–Kier alpha value is -3.63. The number of benzene rings is 1. The standard InChI is InChI=1S/C23H23N7O2S/c1-33(32)29-21-6-4-18(13-25-21)26-23(31)22-19-10-16(3-5-20(19)27-28-22)17-9-15(11-24-12-17)14-30-7-2-8-30/h3-6,9-13H,2,7-8,14H2,1H3,(H,25,29)(H,26,31)(H,27,28). The summed E-state index contributed by atoms with van der Waals surface area (Å²) in [6, 6.07) is 11.4. The number of fused-ring (bicyclic) bond motifs is 1. The van der Waals surface area contributed by atoms with Crippen molar-refractivity contribution in [2.24, 2.45) is 0 Å². The zero-order chi connectivity index (χ0) is 22.8. The number of carbonyl (C=O) groups excluding carboxylic acids is 1. The molecule has 0 bridgehead atoms. The number of pyridine rings is 2. The number of aromatic nitrogens is 4. The van der Waals surface area contributed by atoms with Crippen molar-refractivity contribution < 1.29 is 9.00 Å². The van der Waals surface area contributed by atoms with Crippen molar-refractivity contribution in [3.05, 3.63) is 66.2 Å². The number of aromatic amines is 1. The zero-order valence-electron chi connectivity index (χ0n) is 18.0. The number of likely N-dealkylation sites (tertiary alicyclic amines) is 1. The van der Waals surface area contributed by atoms with Crippen LogP contribution in [0.3, 0.4) is 0 Å². The lowest BCUT2D eigenvalue weighted by Gasteiger charge is -2.30. The van der Waals surface area contributed by atoms with Crippen molar-refractivity contribution in [2.75, 3.05) is 29.4 Å². The van der Waals surface area contributed by atoms with Gasteiger partial charge in [0, 0.05) is 36.1 Å². The van der Waals surface area contributed by atoms with Gasteiger partial charge in [0.2, 0.25) is 0 Å². The quantitative estimate of drug-likeness (QED) is 0.389. The highest BCUT2D eigenvalue weighted by atomic mass is 32.2. The summed E-state index contributed by atoms with van der Waals surface area (Å²) in [5, 5.41) is 10.7. The first-order valence-electron chi connectivity index (χ1n) is 10.6. The van der Waals surface area contributed by atoms with E-state index in [4.69, 9.17) is 0 Å². The third kappa shape index (κ3) is 4.76. The van der Waals surface area contributed by atoms with Crippen molar-refractivity contribution in [3.8, 4) is 11.1 Å². The van der Waals surface area contributed by atoms with Gasteiger partial charge in [-0.25, -0.2) is 9.19 Å². The van der Waals surface area contributed by atoms with Gasteiger partial charge in [-0.2, -0.15) is 5.10 Å². The van der Waals surface area contributed by atoms with E-state index in [2.05, 4.69) is 41.2 Å². The summed E-state index contributed by atoms with van der Waals surface area (Å²) in [5.41, 5.74) is 4.74. The number of hydrogen-bond acceptors (Lipinski definition) is 6. The average Bonchev–Trinajstić information content (AvgIpc) is 3.21. The van der Waals surface area contributed by atoms with Gasteiger partial charge >= 0.3 is 0 Å². The largest absolute Gasteiger partial charge is 0.319 e. The molecule has 1 aromatic carbocycles. The summed E-state index contributed by atoms with van der Waals surface area (Å²) in [4.78, 5) is 23.9. The fourth-order valence-corrected chi connectivity index (χ4v) is 4.18. The van der Waals surface area contributed by atoms with Crippen LogP contribution in [0.1, 0.15) is 22.5 Å². The smallest absolute Gasteiger partial charge is 0.276 e. The molecule has 0 spiro atoms. The Kier molecular flexibility index (Phi) is 5.84. The summed E-state index contributed by atoms with van der Waals surface area (Å²) < 4.78 is 13.9. The lowest BCUT2D eigenvalue weighted by Crippen LogP contribution is -2.36. The first-order valence-corrected chi connectivity index (χ1v) is 12.1. The Balaban J connectivity index is 1.37. The van der Waals surface area contributed by atoms with Crippen LogP contribution >= 0.6 is 0 Å². The molecule has 5 rings (SSSR count). The molecule has 1 atom stereocenters. The molecule has 0 saturated carbocycles. The third-order valence-corrected chi connectivity index (χ3v) is 6.03. The van der Waals surface area contributed by atoms with Crippen LogP contribution in [-0.4, -0.2) is 54.5 Å². The molecule has 1 fully saturated rings. The Labute approximate surface area is 193 Å². The van der Waals surface area contributed by atoms with E-state index in [0.29, 0.717) is 17.2 Å². The summed E-state index contributed by atoms with van der Waals surface area (Å²) in [6.45, 7) is 3.17. The van der Waals surface area contributed by atoms with E-state index in [1.165, 1.54) is 24.4 Å². The van der Waals surface area contributed by atoms with E-state index in [-0.39, 0.29) is 5.91 Å². The molecule has 1 aliphatic rings. The molecule has 1 saturated heterocycles. The van der Waals surface area contributed by atoms with Crippen LogP contribution in [0.4, 0.5) is 11.5 Å². The molecule has 33 heavy (non-hydrogen) atoms. The van der Waals surface area contributed by atoms with Crippen LogP contribution < -0.4 is 10.0 Å². The van der Waals surface area contributed by atoms with Gasteiger partial charge in [0.05, 0.1) is 17.4 Å². The van der Waals surface area contributed by atoms with E-state index in [9.17, 15) is 9.00 Å². The highest BCUT2D eigenvalue weighted by Gasteiger charge is 2.17. The van der Waals surface area contributed by atoms with Crippen molar-refractivity contribution >= 4 is 39.3 Å². The van der Waals surface area contributed by atoms with Gasteiger partial charge in [-0.05, 0) is 61.0 Å². The van der Waals surface area contributed by atoms with Crippen LogP contribution in [0.15, 0.2) is 55.0 Å². The zero-order valence-corrected chi connectivity index (χ0v) is 18.9. The highest BCUT2D eigenvalue weighted by Crippen LogP contribution is 2.27. The molecule has 0 radical (unpaired) electrons. The minimum atomic E-state index is -1.22. The number of H-pyrrole nitrogens is 1. The number of nitrogens with zero attached hydrogens (tertiary/aromatic N) is 4. The third-order valence-electron chi connectivity index (χ3n) is 5.53. The van der Waals surface area contributed by atoms with Gasteiger partial charge in [0.1, 0.15) is 16.8 Å². The fraction of sp³-hybridized carbons (Fsp3) is 0.217. The van der Waals surface area contributed by atoms with Crippen LogP contribution in [0.25, 0.3) is 22.0 Å². The molecule has 1 unspecified atom stereocenters. The second-order valence-corrected chi connectivity index (χ2v) is 9.10. The van der Waals surface area contributed by atoms with Crippen LogP contribution in [0.2, 0.25) is 0 Å². The maximum atomic E-state index is 12.9. The summed E-state index contributed by atoms with van der Waals surface area (Å²) in [5.74, 6) is 0.123. The highest BCUT2D eigenvalue weighted by molar-refractivity contribution is 7.85. The Morgan fingerprint density at radius 3 is 2.73 bits per heavy atom. The average molecular weight is 462 g/mol. The number of hydrogen-bond donors (Lipinski definition) is 3. The molecule has 3 N–H and O–H groups in total. The van der Waals surface area contributed by atoms with Crippen molar-refractivity contribution in [1.29, 1.82) is 0 Å². The molecular weight excluding hydrogens is 438 g/mol. The molecule has 1 amide bonds. The molecule has 0 aliphatic carbocycles. The summed E-state index contributed by atoms with van der Waals surface area (Å²) in [6.07, 6.45) is 8.02. The van der Waals surface area contributed by atoms with E-state index < -0.39 is 11.0 Å². The lowest BCUT2D eigenvalue weighted by molar-refractivity contribution is 0.102. The molecule has 168 valence electrons. The topological polar surface area (TPSA) is 116 Å². The van der Waals surface area contributed by atoms with Crippen molar-refractivity contribution in [3.63, 3.8) is 0 Å². The number of nitrogens with one attached hydrogen (secondary N) is 3. The maximum Gasteiger partial charge on any atom is 0.276 e. The predicted octanol–water partition coefficient (Wildman–Crippen LogP) is 3.18. The van der Waals surface area contributed by atoms with Crippen LogP contribution in [0, 0.1) is 0 Å². The number of amides is 1. The van der Waals surface area contributed by atoms with E-state index in [0.717, 1.165) is 41.7 Å². The fourth-order valence-electron chi connectivity index (χ4n) is 3.76. The first kappa shape index (κ1) is 21.2. The van der Waals surface area contributed by atoms with Gasteiger partial charge in [-0.15, -0.1) is 0 Å².